The van der Waals surface area contributed by atoms with Crippen LogP contribution >= 0.6 is 0 Å². The second-order valence-electron chi connectivity index (χ2n) is 5.32. The Morgan fingerprint density at radius 2 is 1.74 bits per heavy atom. The smallest absolute Gasteiger partial charge is 0.407 e. The first-order valence-electron chi connectivity index (χ1n) is 8.00. The Bertz CT molecular complexity index is 435. The number of rotatable bonds is 9. The number of amides is 3. The maximum Gasteiger partial charge on any atom is 0.407 e. The Balaban J connectivity index is 2.57. The molecule has 8 nitrogen and oxygen atoms in total. The van der Waals surface area contributed by atoms with Crippen LogP contribution in [0.3, 0.4) is 0 Å². The Labute approximate surface area is 135 Å². The van der Waals surface area contributed by atoms with Crippen molar-refractivity contribution < 1.29 is 28.8 Å². The van der Waals surface area contributed by atoms with E-state index in [0.717, 1.165) is 19.3 Å². The van der Waals surface area contributed by atoms with E-state index in [1.807, 2.05) is 13.8 Å². The first-order valence-corrected chi connectivity index (χ1v) is 8.00. The molecule has 1 aliphatic heterocycles. The van der Waals surface area contributed by atoms with Gasteiger partial charge in [-0.05, 0) is 12.8 Å². The average molecular weight is 328 g/mol. The van der Waals surface area contributed by atoms with E-state index in [1.165, 1.54) is 0 Å². The molecule has 0 aromatic carbocycles. The number of nitrogens with zero attached hydrogens (tertiary/aromatic N) is 1. The van der Waals surface area contributed by atoms with E-state index in [4.69, 9.17) is 9.57 Å². The van der Waals surface area contributed by atoms with Crippen molar-refractivity contribution in [3.05, 3.63) is 0 Å². The van der Waals surface area contributed by atoms with Crippen LogP contribution in [-0.4, -0.2) is 41.6 Å². The van der Waals surface area contributed by atoms with Crippen LogP contribution in [0, 0.1) is 0 Å². The van der Waals surface area contributed by atoms with E-state index in [0.29, 0.717) is 17.9 Å². The number of unbranched alkanes of at least 4 members (excludes halogenated alkanes) is 2. The minimum atomic E-state index is -0.953. The molecule has 8 heteroatoms. The number of hydroxylamine groups is 2. The van der Waals surface area contributed by atoms with E-state index >= 15 is 0 Å². The van der Waals surface area contributed by atoms with Gasteiger partial charge in [0, 0.05) is 12.8 Å². The summed E-state index contributed by atoms with van der Waals surface area (Å²) in [7, 11) is 0. The molecule has 1 rings (SSSR count). The van der Waals surface area contributed by atoms with Gasteiger partial charge in [0.05, 0.1) is 6.61 Å². The molecule has 1 heterocycles. The third-order valence-corrected chi connectivity index (χ3v) is 3.34. The Hall–Kier alpha value is -2.12. The molecule has 1 fully saturated rings. The number of alkyl carbamates (subject to hydrolysis) is 1. The van der Waals surface area contributed by atoms with Crippen LogP contribution in [0.2, 0.25) is 0 Å². The maximum absolute atomic E-state index is 12.1. The van der Waals surface area contributed by atoms with E-state index in [-0.39, 0.29) is 19.4 Å². The molecular formula is C15H24N2O6. The van der Waals surface area contributed by atoms with Gasteiger partial charge in [-0.15, -0.1) is 5.06 Å². The van der Waals surface area contributed by atoms with Crippen LogP contribution < -0.4 is 5.32 Å². The zero-order chi connectivity index (χ0) is 17.2. The second-order valence-corrected chi connectivity index (χ2v) is 5.32. The summed E-state index contributed by atoms with van der Waals surface area (Å²) in [5, 5.41) is 2.91. The van der Waals surface area contributed by atoms with Gasteiger partial charge in [-0.2, -0.15) is 0 Å². The van der Waals surface area contributed by atoms with Crippen LogP contribution in [-0.2, 0) is 24.0 Å². The number of carbonyl (C=O) groups is 4. The summed E-state index contributed by atoms with van der Waals surface area (Å²) in [6.45, 7) is 4.17. The summed E-state index contributed by atoms with van der Waals surface area (Å²) >= 11 is 0. The van der Waals surface area contributed by atoms with Crippen molar-refractivity contribution in [1.29, 1.82) is 0 Å². The highest BCUT2D eigenvalue weighted by atomic mass is 16.7. The zero-order valence-electron chi connectivity index (χ0n) is 13.6. The monoisotopic (exact) mass is 328 g/mol. The molecule has 1 N–H and O–H groups in total. The molecule has 0 aromatic heterocycles. The molecule has 0 saturated carbocycles. The minimum Gasteiger partial charge on any atom is -0.450 e. The second kappa shape index (κ2) is 9.81. The SMILES string of the molecule is CCCCOC(=O)N[C@@H](CCCC)C(=O)ON1C(=O)CCC1=O. The van der Waals surface area contributed by atoms with Crippen molar-refractivity contribution in [3.63, 3.8) is 0 Å². The van der Waals surface area contributed by atoms with Crippen molar-refractivity contribution in [2.24, 2.45) is 0 Å². The maximum atomic E-state index is 12.1. The molecule has 3 amide bonds. The van der Waals surface area contributed by atoms with Crippen LogP contribution in [0.1, 0.15) is 58.8 Å². The van der Waals surface area contributed by atoms with Gasteiger partial charge in [0.1, 0.15) is 6.04 Å². The lowest BCUT2D eigenvalue weighted by atomic mass is 10.1. The molecule has 0 aliphatic carbocycles. The third-order valence-electron chi connectivity index (χ3n) is 3.34. The largest absolute Gasteiger partial charge is 0.450 e. The van der Waals surface area contributed by atoms with E-state index < -0.39 is 29.9 Å². The van der Waals surface area contributed by atoms with Crippen LogP contribution in [0.25, 0.3) is 0 Å². The predicted molar refractivity (Wildman–Crippen MR) is 79.9 cm³/mol. The Morgan fingerprint density at radius 3 is 2.30 bits per heavy atom. The molecule has 0 aromatic rings. The molecule has 23 heavy (non-hydrogen) atoms. The summed E-state index contributed by atoms with van der Waals surface area (Å²) in [4.78, 5) is 51.6. The van der Waals surface area contributed by atoms with Crippen molar-refractivity contribution in [3.8, 4) is 0 Å². The summed E-state index contributed by atoms with van der Waals surface area (Å²) in [6, 6.07) is -0.953. The quantitative estimate of drug-likeness (QED) is 0.510. The minimum absolute atomic E-state index is 0.0260. The summed E-state index contributed by atoms with van der Waals surface area (Å²) in [5.41, 5.74) is 0. The number of ether oxygens (including phenoxy) is 1. The molecule has 0 radical (unpaired) electrons. The first kappa shape index (κ1) is 18.9. The molecular weight excluding hydrogens is 304 g/mol. The van der Waals surface area contributed by atoms with Gasteiger partial charge in [0.15, 0.2) is 0 Å². The number of imide groups is 1. The summed E-state index contributed by atoms with van der Waals surface area (Å²) in [6.07, 6.45) is 2.79. The van der Waals surface area contributed by atoms with Crippen molar-refractivity contribution in [2.45, 2.75) is 64.8 Å². The lowest BCUT2D eigenvalue weighted by Crippen LogP contribution is -2.45. The van der Waals surface area contributed by atoms with Gasteiger partial charge >= 0.3 is 12.1 Å². The lowest BCUT2D eigenvalue weighted by molar-refractivity contribution is -0.199. The lowest BCUT2D eigenvalue weighted by Gasteiger charge is -2.19. The van der Waals surface area contributed by atoms with Gasteiger partial charge in [-0.25, -0.2) is 9.59 Å². The zero-order valence-corrected chi connectivity index (χ0v) is 13.6. The van der Waals surface area contributed by atoms with Gasteiger partial charge in [-0.1, -0.05) is 33.1 Å². The standard InChI is InChI=1S/C15H24N2O6/c1-3-5-7-11(16-15(21)22-10-6-4-2)14(20)23-17-12(18)8-9-13(17)19/h11H,3-10H2,1-2H3,(H,16,21)/t11-/m0/s1. The van der Waals surface area contributed by atoms with Crippen LogP contribution in [0.5, 0.6) is 0 Å². The molecule has 0 bridgehead atoms. The molecule has 130 valence electrons. The number of nitrogens with one attached hydrogen (secondary N) is 1. The normalized spacial score (nSPS) is 15.5. The molecule has 0 unspecified atom stereocenters. The van der Waals surface area contributed by atoms with E-state index in [2.05, 4.69) is 5.32 Å². The van der Waals surface area contributed by atoms with Gasteiger partial charge < -0.3 is 14.9 Å². The number of hydrogen-bond donors (Lipinski definition) is 1. The van der Waals surface area contributed by atoms with Gasteiger partial charge in [0.2, 0.25) is 0 Å². The topological polar surface area (TPSA) is 102 Å². The van der Waals surface area contributed by atoms with E-state index in [9.17, 15) is 19.2 Å². The fourth-order valence-corrected chi connectivity index (χ4v) is 1.96. The van der Waals surface area contributed by atoms with Crippen molar-refractivity contribution >= 4 is 23.9 Å². The molecule has 0 spiro atoms. The van der Waals surface area contributed by atoms with Crippen LogP contribution in [0.4, 0.5) is 4.79 Å². The number of carbonyl (C=O) groups excluding carboxylic acids is 4. The average Bonchev–Trinajstić information content (AvgIpc) is 2.83. The Morgan fingerprint density at radius 1 is 1.13 bits per heavy atom. The van der Waals surface area contributed by atoms with Crippen molar-refractivity contribution in [1.82, 2.24) is 10.4 Å². The van der Waals surface area contributed by atoms with Gasteiger partial charge in [-0.3, -0.25) is 9.59 Å². The third kappa shape index (κ3) is 6.25. The predicted octanol–water partition coefficient (Wildman–Crippen LogP) is 1.68. The molecule has 1 saturated heterocycles. The first-order chi connectivity index (χ1) is 11.0. The van der Waals surface area contributed by atoms with E-state index in [1.54, 1.807) is 0 Å². The highest BCUT2D eigenvalue weighted by molar-refractivity contribution is 6.01. The summed E-state index contributed by atoms with van der Waals surface area (Å²) < 4.78 is 4.95. The highest BCUT2D eigenvalue weighted by Crippen LogP contribution is 2.14. The molecule has 1 aliphatic rings. The Kier molecular flexibility index (Phi) is 8.07. The fraction of sp³-hybridized carbons (Fsp3) is 0.733. The highest BCUT2D eigenvalue weighted by Gasteiger charge is 2.35. The van der Waals surface area contributed by atoms with Crippen LogP contribution in [0.15, 0.2) is 0 Å². The summed E-state index contributed by atoms with van der Waals surface area (Å²) in [5.74, 6) is -1.94. The number of hydrogen-bond acceptors (Lipinski definition) is 6. The van der Waals surface area contributed by atoms with Gasteiger partial charge in [0.25, 0.3) is 11.8 Å². The fourth-order valence-electron chi connectivity index (χ4n) is 1.96. The molecule has 1 atom stereocenters. The van der Waals surface area contributed by atoms with Crippen molar-refractivity contribution in [2.75, 3.05) is 6.61 Å².